The van der Waals surface area contributed by atoms with E-state index in [0.717, 1.165) is 31.9 Å². The van der Waals surface area contributed by atoms with E-state index in [1.54, 1.807) is 7.11 Å². The Morgan fingerprint density at radius 1 is 1.10 bits per heavy atom. The SMILES string of the molecule is COc1ccc([C@H]2[C@@H]3CN(Cc4cccc(OCC(N)=O)c4)C[C@@H]3CN2C)cc1. The molecule has 2 aromatic carbocycles. The first kappa shape index (κ1) is 19.7. The molecule has 2 saturated heterocycles. The van der Waals surface area contributed by atoms with Crippen LogP contribution in [0.4, 0.5) is 0 Å². The highest BCUT2D eigenvalue weighted by Crippen LogP contribution is 2.44. The van der Waals surface area contributed by atoms with E-state index in [9.17, 15) is 4.79 Å². The lowest BCUT2D eigenvalue weighted by Gasteiger charge is -2.27. The van der Waals surface area contributed by atoms with Gasteiger partial charge in [-0.2, -0.15) is 0 Å². The number of likely N-dealkylation sites (tertiary alicyclic amines) is 2. The van der Waals surface area contributed by atoms with E-state index in [1.165, 1.54) is 11.1 Å². The number of carbonyl (C=O) groups is 1. The maximum atomic E-state index is 10.9. The summed E-state index contributed by atoms with van der Waals surface area (Å²) in [7, 11) is 3.94. The number of nitrogens with zero attached hydrogens (tertiary/aromatic N) is 2. The molecule has 2 fully saturated rings. The number of hydrogen-bond donors (Lipinski definition) is 1. The van der Waals surface area contributed by atoms with Gasteiger partial charge in [0.05, 0.1) is 7.11 Å². The predicted molar refractivity (Wildman–Crippen MR) is 112 cm³/mol. The normalized spacial score (nSPS) is 24.4. The average molecular weight is 396 g/mol. The summed E-state index contributed by atoms with van der Waals surface area (Å²) in [5, 5.41) is 0. The number of nitrogens with two attached hydrogens (primary N) is 1. The van der Waals surface area contributed by atoms with Crippen LogP contribution in [0.2, 0.25) is 0 Å². The Morgan fingerprint density at radius 2 is 1.90 bits per heavy atom. The minimum Gasteiger partial charge on any atom is -0.497 e. The summed E-state index contributed by atoms with van der Waals surface area (Å²) in [4.78, 5) is 16.0. The first-order chi connectivity index (χ1) is 14.0. The van der Waals surface area contributed by atoms with Crippen molar-refractivity contribution in [1.82, 2.24) is 9.80 Å². The molecule has 6 heteroatoms. The predicted octanol–water partition coefficient (Wildman–Crippen LogP) is 2.29. The van der Waals surface area contributed by atoms with Gasteiger partial charge in [0.1, 0.15) is 11.5 Å². The van der Waals surface area contributed by atoms with Gasteiger partial charge in [0.15, 0.2) is 6.61 Å². The summed E-state index contributed by atoms with van der Waals surface area (Å²) < 4.78 is 10.8. The third-order valence-electron chi connectivity index (χ3n) is 6.11. The minimum atomic E-state index is -0.462. The second kappa shape index (κ2) is 8.43. The molecule has 0 aromatic heterocycles. The van der Waals surface area contributed by atoms with Gasteiger partial charge in [-0.25, -0.2) is 0 Å². The number of benzene rings is 2. The molecule has 0 radical (unpaired) electrons. The van der Waals surface area contributed by atoms with Crippen LogP contribution in [0.3, 0.4) is 0 Å². The fourth-order valence-corrected chi connectivity index (χ4v) is 4.93. The lowest BCUT2D eigenvalue weighted by atomic mass is 9.89. The highest BCUT2D eigenvalue weighted by molar-refractivity contribution is 5.75. The van der Waals surface area contributed by atoms with E-state index >= 15 is 0 Å². The number of ether oxygens (including phenoxy) is 2. The van der Waals surface area contributed by atoms with Crippen molar-refractivity contribution in [2.24, 2.45) is 17.6 Å². The molecule has 1 amide bonds. The number of fused-ring (bicyclic) bond motifs is 1. The molecular weight excluding hydrogens is 366 g/mol. The van der Waals surface area contributed by atoms with Crippen LogP contribution in [0.15, 0.2) is 48.5 Å². The summed E-state index contributed by atoms with van der Waals surface area (Å²) in [6.45, 7) is 4.11. The minimum absolute atomic E-state index is 0.0901. The highest BCUT2D eigenvalue weighted by atomic mass is 16.5. The first-order valence-electron chi connectivity index (χ1n) is 10.1. The maximum absolute atomic E-state index is 10.9. The Hall–Kier alpha value is -2.57. The molecule has 0 aliphatic carbocycles. The van der Waals surface area contributed by atoms with E-state index in [4.69, 9.17) is 15.2 Å². The van der Waals surface area contributed by atoms with Gasteiger partial charge in [-0.3, -0.25) is 14.6 Å². The Morgan fingerprint density at radius 3 is 2.62 bits per heavy atom. The van der Waals surface area contributed by atoms with Gasteiger partial charge in [-0.1, -0.05) is 24.3 Å². The highest BCUT2D eigenvalue weighted by Gasteiger charge is 2.45. The quantitative estimate of drug-likeness (QED) is 0.779. The Labute approximate surface area is 172 Å². The number of rotatable bonds is 7. The van der Waals surface area contributed by atoms with E-state index < -0.39 is 5.91 Å². The molecule has 6 nitrogen and oxygen atoms in total. The van der Waals surface area contributed by atoms with Crippen LogP contribution in [-0.4, -0.2) is 56.1 Å². The number of primary amides is 1. The summed E-state index contributed by atoms with van der Waals surface area (Å²) in [5.41, 5.74) is 7.73. The fraction of sp³-hybridized carbons (Fsp3) is 0.435. The molecule has 2 aliphatic heterocycles. The molecular formula is C23H29N3O3. The third kappa shape index (κ3) is 4.38. The number of amides is 1. The Kier molecular flexibility index (Phi) is 5.74. The lowest BCUT2D eigenvalue weighted by molar-refractivity contribution is -0.119. The zero-order valence-electron chi connectivity index (χ0n) is 17.1. The summed E-state index contributed by atoms with van der Waals surface area (Å²) >= 11 is 0. The fourth-order valence-electron chi connectivity index (χ4n) is 4.93. The molecule has 0 spiro atoms. The van der Waals surface area contributed by atoms with Gasteiger partial charge in [0.2, 0.25) is 0 Å². The molecule has 2 heterocycles. The second-order valence-corrected chi connectivity index (χ2v) is 8.18. The van der Waals surface area contributed by atoms with E-state index in [2.05, 4.69) is 47.2 Å². The molecule has 3 atom stereocenters. The zero-order valence-corrected chi connectivity index (χ0v) is 17.1. The van der Waals surface area contributed by atoms with Crippen LogP contribution < -0.4 is 15.2 Å². The lowest BCUT2D eigenvalue weighted by Crippen LogP contribution is -2.28. The molecule has 0 unspecified atom stereocenters. The number of methoxy groups -OCH3 is 1. The van der Waals surface area contributed by atoms with Crippen molar-refractivity contribution in [2.45, 2.75) is 12.6 Å². The van der Waals surface area contributed by atoms with Gasteiger partial charge in [-0.05, 0) is 54.3 Å². The van der Waals surface area contributed by atoms with Crippen molar-refractivity contribution in [3.63, 3.8) is 0 Å². The topological polar surface area (TPSA) is 68.0 Å². The van der Waals surface area contributed by atoms with Crippen molar-refractivity contribution in [3.8, 4) is 11.5 Å². The largest absolute Gasteiger partial charge is 0.497 e. The van der Waals surface area contributed by atoms with Crippen molar-refractivity contribution < 1.29 is 14.3 Å². The Bertz CT molecular complexity index is 855. The summed E-state index contributed by atoms with van der Waals surface area (Å²) in [5.74, 6) is 2.44. The standard InChI is InChI=1S/C23H29N3O3/c1-25-12-18-13-26(11-16-4-3-5-20(10-16)29-15-22(24)27)14-21(18)23(25)17-6-8-19(28-2)9-7-17/h3-10,18,21,23H,11-15H2,1-2H3,(H2,24,27)/t18-,21+,23-/m0/s1. The van der Waals surface area contributed by atoms with Crippen LogP contribution in [0.25, 0.3) is 0 Å². The van der Waals surface area contributed by atoms with Crippen LogP contribution in [0.1, 0.15) is 17.2 Å². The molecule has 0 bridgehead atoms. The van der Waals surface area contributed by atoms with Crippen LogP contribution >= 0.6 is 0 Å². The molecule has 154 valence electrons. The van der Waals surface area contributed by atoms with E-state index in [1.807, 2.05) is 18.2 Å². The van der Waals surface area contributed by atoms with Crippen molar-refractivity contribution >= 4 is 5.91 Å². The van der Waals surface area contributed by atoms with Gasteiger partial charge in [0, 0.05) is 32.2 Å². The molecule has 4 rings (SSSR count). The zero-order chi connectivity index (χ0) is 20.4. The van der Waals surface area contributed by atoms with Crippen molar-refractivity contribution in [3.05, 3.63) is 59.7 Å². The van der Waals surface area contributed by atoms with Gasteiger partial charge >= 0.3 is 0 Å². The number of carbonyl (C=O) groups excluding carboxylic acids is 1. The first-order valence-corrected chi connectivity index (χ1v) is 10.1. The monoisotopic (exact) mass is 395 g/mol. The molecule has 29 heavy (non-hydrogen) atoms. The number of hydrogen-bond acceptors (Lipinski definition) is 5. The molecule has 0 saturated carbocycles. The summed E-state index contributed by atoms with van der Waals surface area (Å²) in [6.07, 6.45) is 0. The van der Waals surface area contributed by atoms with Crippen LogP contribution in [-0.2, 0) is 11.3 Å². The van der Waals surface area contributed by atoms with Gasteiger partial charge < -0.3 is 15.2 Å². The van der Waals surface area contributed by atoms with Gasteiger partial charge in [-0.15, -0.1) is 0 Å². The maximum Gasteiger partial charge on any atom is 0.255 e. The van der Waals surface area contributed by atoms with E-state index in [-0.39, 0.29) is 6.61 Å². The van der Waals surface area contributed by atoms with Crippen molar-refractivity contribution in [1.29, 1.82) is 0 Å². The smallest absolute Gasteiger partial charge is 0.255 e. The van der Waals surface area contributed by atoms with E-state index in [0.29, 0.717) is 23.6 Å². The Balaban J connectivity index is 1.42. The molecule has 2 aromatic rings. The van der Waals surface area contributed by atoms with Gasteiger partial charge in [0.25, 0.3) is 5.91 Å². The van der Waals surface area contributed by atoms with Crippen molar-refractivity contribution in [2.75, 3.05) is 40.4 Å². The summed E-state index contributed by atoms with van der Waals surface area (Å²) in [6, 6.07) is 16.9. The molecule has 2 aliphatic rings. The second-order valence-electron chi connectivity index (χ2n) is 8.18. The van der Waals surface area contributed by atoms with Crippen LogP contribution in [0.5, 0.6) is 11.5 Å². The van der Waals surface area contributed by atoms with Crippen LogP contribution in [0, 0.1) is 11.8 Å². The average Bonchev–Trinajstić information content (AvgIpc) is 3.22. The third-order valence-corrected chi connectivity index (χ3v) is 6.11. The molecule has 2 N–H and O–H groups in total.